The van der Waals surface area contributed by atoms with Crippen LogP contribution in [0, 0.1) is 20.7 Å². The zero-order valence-electron chi connectivity index (χ0n) is 10.2. The number of aliphatic imine (C=N–C) groups is 1. The van der Waals surface area contributed by atoms with Gasteiger partial charge in [0.1, 0.15) is 17.1 Å². The van der Waals surface area contributed by atoms with Crippen molar-refractivity contribution in [2.75, 3.05) is 0 Å². The van der Waals surface area contributed by atoms with Crippen LogP contribution in [0.2, 0.25) is 0 Å². The number of nitro groups is 1. The molecule has 0 saturated heterocycles. The van der Waals surface area contributed by atoms with Crippen LogP contribution in [0.1, 0.15) is 5.56 Å². The predicted molar refractivity (Wildman–Crippen MR) is 74.2 cm³/mol. The molecule has 2 rings (SSSR count). The van der Waals surface area contributed by atoms with Crippen molar-refractivity contribution in [1.82, 2.24) is 9.97 Å². The molecule has 1 aromatic heterocycles. The summed E-state index contributed by atoms with van der Waals surface area (Å²) in [5.74, 6) is -1.35. The lowest BCUT2D eigenvalue weighted by molar-refractivity contribution is -0.384. The highest BCUT2D eigenvalue weighted by Gasteiger charge is 2.10. The Morgan fingerprint density at radius 2 is 2.14 bits per heavy atom. The Morgan fingerprint density at radius 1 is 1.43 bits per heavy atom. The smallest absolute Gasteiger partial charge is 0.271 e. The summed E-state index contributed by atoms with van der Waals surface area (Å²) in [7, 11) is 0. The van der Waals surface area contributed by atoms with Crippen LogP contribution >= 0.6 is 12.2 Å². The van der Waals surface area contributed by atoms with E-state index in [1.807, 2.05) is 0 Å². The van der Waals surface area contributed by atoms with Crippen molar-refractivity contribution in [2.24, 2.45) is 4.99 Å². The molecule has 0 fully saturated rings. The van der Waals surface area contributed by atoms with Gasteiger partial charge in [-0.05, 0) is 18.3 Å². The molecule has 0 spiro atoms. The van der Waals surface area contributed by atoms with E-state index in [1.54, 1.807) is 0 Å². The molecule has 0 radical (unpaired) electrons. The lowest BCUT2D eigenvalue weighted by atomic mass is 10.2. The van der Waals surface area contributed by atoms with Gasteiger partial charge in [0.05, 0.1) is 4.92 Å². The van der Waals surface area contributed by atoms with E-state index in [2.05, 4.69) is 27.2 Å². The number of nitrogens with zero attached hydrogens (tertiary/aromatic N) is 2. The molecule has 3 N–H and O–H groups in total. The number of aromatic amines is 2. The molecule has 0 aliphatic heterocycles. The fourth-order valence-corrected chi connectivity index (χ4v) is 1.64. The van der Waals surface area contributed by atoms with Crippen LogP contribution in [0.15, 0.2) is 28.0 Å². The van der Waals surface area contributed by atoms with Crippen LogP contribution in [0.5, 0.6) is 5.88 Å². The maximum atomic E-state index is 13.5. The Morgan fingerprint density at radius 3 is 2.76 bits per heavy atom. The fourth-order valence-electron chi connectivity index (χ4n) is 1.45. The molecule has 10 heteroatoms. The van der Waals surface area contributed by atoms with Gasteiger partial charge in [0.2, 0.25) is 5.88 Å². The third-order valence-corrected chi connectivity index (χ3v) is 2.64. The maximum absolute atomic E-state index is 13.5. The highest BCUT2D eigenvalue weighted by atomic mass is 32.1. The summed E-state index contributed by atoms with van der Waals surface area (Å²) in [6, 6.07) is 2.77. The number of benzene rings is 1. The van der Waals surface area contributed by atoms with Crippen molar-refractivity contribution >= 4 is 29.8 Å². The van der Waals surface area contributed by atoms with Gasteiger partial charge in [-0.2, -0.15) is 0 Å². The summed E-state index contributed by atoms with van der Waals surface area (Å²) in [5, 5.41) is 20.1. The Hall–Kier alpha value is -2.88. The van der Waals surface area contributed by atoms with E-state index < -0.39 is 22.2 Å². The van der Waals surface area contributed by atoms with Gasteiger partial charge in [0.25, 0.3) is 11.2 Å². The van der Waals surface area contributed by atoms with Crippen LogP contribution in [0.3, 0.4) is 0 Å². The van der Waals surface area contributed by atoms with Gasteiger partial charge in [-0.3, -0.25) is 24.9 Å². The monoisotopic (exact) mass is 310 g/mol. The zero-order valence-corrected chi connectivity index (χ0v) is 11.0. The highest BCUT2D eigenvalue weighted by molar-refractivity contribution is 7.71. The summed E-state index contributed by atoms with van der Waals surface area (Å²) >= 11 is 4.64. The van der Waals surface area contributed by atoms with Gasteiger partial charge in [-0.25, -0.2) is 4.39 Å². The van der Waals surface area contributed by atoms with Crippen LogP contribution in [-0.4, -0.2) is 26.2 Å². The van der Waals surface area contributed by atoms with Crippen molar-refractivity contribution in [3.63, 3.8) is 0 Å². The van der Waals surface area contributed by atoms with Crippen LogP contribution in [0.25, 0.3) is 0 Å². The first-order valence-corrected chi connectivity index (χ1v) is 5.83. The first kappa shape index (κ1) is 14.5. The van der Waals surface area contributed by atoms with E-state index in [1.165, 1.54) is 0 Å². The molecule has 1 aromatic carbocycles. The van der Waals surface area contributed by atoms with E-state index in [9.17, 15) is 24.4 Å². The summed E-state index contributed by atoms with van der Waals surface area (Å²) < 4.78 is 13.4. The third kappa shape index (κ3) is 3.17. The zero-order chi connectivity index (χ0) is 15.6. The molecule has 0 aliphatic carbocycles. The lowest BCUT2D eigenvalue weighted by Gasteiger charge is -1.99. The Balaban J connectivity index is 2.47. The molecule has 1 heterocycles. The molecule has 2 aromatic rings. The number of non-ortho nitro benzene ring substituents is 1. The minimum Gasteiger partial charge on any atom is -0.494 e. The van der Waals surface area contributed by atoms with Gasteiger partial charge in [0.15, 0.2) is 4.77 Å². The molecule has 0 atom stereocenters. The molecule has 0 saturated carbocycles. The largest absolute Gasteiger partial charge is 0.494 e. The quantitative estimate of drug-likeness (QED) is 0.346. The van der Waals surface area contributed by atoms with E-state index >= 15 is 0 Å². The number of aromatic hydroxyl groups is 1. The predicted octanol–water partition coefficient (Wildman–Crippen LogP) is 1.94. The maximum Gasteiger partial charge on any atom is 0.271 e. The molecule has 21 heavy (non-hydrogen) atoms. The molecular formula is C11H7FN4O4S. The lowest BCUT2D eigenvalue weighted by Crippen LogP contribution is -2.13. The van der Waals surface area contributed by atoms with Gasteiger partial charge in [-0.15, -0.1) is 0 Å². The number of halogens is 1. The van der Waals surface area contributed by atoms with Crippen LogP contribution in [0.4, 0.5) is 15.8 Å². The van der Waals surface area contributed by atoms with Crippen molar-refractivity contribution in [1.29, 1.82) is 0 Å². The molecule has 108 valence electrons. The SMILES string of the molecule is O=c1[nH]c(=S)[nH]c(O)c1C=Nc1cc([N+](=O)[O-])ccc1F. The van der Waals surface area contributed by atoms with Gasteiger partial charge >= 0.3 is 0 Å². The number of rotatable bonds is 3. The normalized spacial score (nSPS) is 10.9. The van der Waals surface area contributed by atoms with Crippen LogP contribution < -0.4 is 5.56 Å². The average molecular weight is 310 g/mol. The number of hydrogen-bond acceptors (Lipinski definition) is 6. The number of H-pyrrole nitrogens is 2. The average Bonchev–Trinajstić information content (AvgIpc) is 2.39. The van der Waals surface area contributed by atoms with Gasteiger partial charge < -0.3 is 10.1 Å². The molecule has 0 aliphatic rings. The van der Waals surface area contributed by atoms with E-state index in [-0.39, 0.29) is 21.7 Å². The summed E-state index contributed by atoms with van der Waals surface area (Å²) in [6.07, 6.45) is 0.877. The third-order valence-electron chi connectivity index (χ3n) is 2.43. The number of nitro benzene ring substituents is 1. The Labute approximate surface area is 120 Å². The topological polar surface area (TPSA) is 124 Å². The Bertz CT molecular complexity index is 858. The standard InChI is InChI=1S/C11H7FN4O4S/c12-7-2-1-5(16(19)20)3-8(7)13-4-6-9(17)14-11(21)15-10(6)18/h1-4H,(H3,14,15,17,18,21). The summed E-state index contributed by atoms with van der Waals surface area (Å²) in [6.45, 7) is 0. The second-order valence-electron chi connectivity index (χ2n) is 3.82. The van der Waals surface area contributed by atoms with E-state index in [0.717, 1.165) is 24.4 Å². The molecule has 0 amide bonds. The second kappa shape index (κ2) is 5.63. The number of aromatic nitrogens is 2. The van der Waals surface area contributed by atoms with Crippen molar-refractivity contribution < 1.29 is 14.4 Å². The van der Waals surface area contributed by atoms with Crippen molar-refractivity contribution in [3.05, 3.63) is 54.8 Å². The fraction of sp³-hybridized carbons (Fsp3) is 0. The molecule has 0 unspecified atom stereocenters. The van der Waals surface area contributed by atoms with Crippen molar-refractivity contribution in [2.45, 2.75) is 0 Å². The number of hydrogen-bond donors (Lipinski definition) is 3. The van der Waals surface area contributed by atoms with E-state index in [4.69, 9.17) is 0 Å². The van der Waals surface area contributed by atoms with Crippen molar-refractivity contribution in [3.8, 4) is 5.88 Å². The summed E-state index contributed by atoms with van der Waals surface area (Å²) in [4.78, 5) is 29.6. The molecule has 0 bridgehead atoms. The highest BCUT2D eigenvalue weighted by Crippen LogP contribution is 2.23. The van der Waals surface area contributed by atoms with E-state index in [0.29, 0.717) is 0 Å². The number of nitrogens with one attached hydrogen (secondary N) is 2. The first-order valence-electron chi connectivity index (χ1n) is 5.42. The minimum atomic E-state index is -0.809. The molecule has 8 nitrogen and oxygen atoms in total. The Kier molecular flexibility index (Phi) is 3.89. The molecular weight excluding hydrogens is 303 g/mol. The first-order chi connectivity index (χ1) is 9.88. The van der Waals surface area contributed by atoms with Gasteiger partial charge in [-0.1, -0.05) is 0 Å². The second-order valence-corrected chi connectivity index (χ2v) is 4.23. The van der Waals surface area contributed by atoms with Gasteiger partial charge in [0, 0.05) is 18.3 Å². The summed E-state index contributed by atoms with van der Waals surface area (Å²) in [5.41, 5.74) is -1.71. The minimum absolute atomic E-state index is 0.0869. The van der Waals surface area contributed by atoms with Crippen LogP contribution in [-0.2, 0) is 0 Å².